The summed E-state index contributed by atoms with van der Waals surface area (Å²) in [6.45, 7) is 3.78. The van der Waals surface area contributed by atoms with E-state index >= 15 is 0 Å². The first-order valence-electron chi connectivity index (χ1n) is 5.46. The third-order valence-corrected chi connectivity index (χ3v) is 3.08. The lowest BCUT2D eigenvalue weighted by molar-refractivity contribution is 0.154. The highest BCUT2D eigenvalue weighted by Gasteiger charge is 2.19. The third kappa shape index (κ3) is 2.07. The Labute approximate surface area is 90.5 Å². The van der Waals surface area contributed by atoms with Crippen LogP contribution in [0.5, 0.6) is 0 Å². The maximum absolute atomic E-state index is 9.63. The van der Waals surface area contributed by atoms with E-state index in [-0.39, 0.29) is 6.10 Å². The smallest absolute Gasteiger partial charge is 0.0715 e. The molecule has 82 valence electrons. The first kappa shape index (κ1) is 10.3. The molecule has 0 saturated carbocycles. The molecule has 3 N–H and O–H groups in total. The molecule has 1 aliphatic heterocycles. The van der Waals surface area contributed by atoms with Crippen LogP contribution in [-0.2, 0) is 0 Å². The topological polar surface area (TPSA) is 49.5 Å². The van der Waals surface area contributed by atoms with Crippen molar-refractivity contribution in [2.45, 2.75) is 25.9 Å². The van der Waals surface area contributed by atoms with E-state index in [9.17, 15) is 5.11 Å². The number of nitrogen functional groups attached to an aromatic ring is 1. The molecule has 15 heavy (non-hydrogen) atoms. The lowest BCUT2D eigenvalue weighted by Crippen LogP contribution is -2.38. The van der Waals surface area contributed by atoms with E-state index in [0.717, 1.165) is 42.9 Å². The Kier molecular flexibility index (Phi) is 2.82. The van der Waals surface area contributed by atoms with E-state index < -0.39 is 0 Å². The first-order valence-corrected chi connectivity index (χ1v) is 5.46. The molecule has 1 heterocycles. The van der Waals surface area contributed by atoms with Crippen molar-refractivity contribution in [3.63, 3.8) is 0 Å². The molecule has 1 saturated heterocycles. The molecule has 0 spiro atoms. The van der Waals surface area contributed by atoms with Crippen molar-refractivity contribution in [1.29, 1.82) is 0 Å². The maximum Gasteiger partial charge on any atom is 0.0715 e. The summed E-state index contributed by atoms with van der Waals surface area (Å²) in [7, 11) is 0. The van der Waals surface area contributed by atoms with E-state index in [4.69, 9.17) is 5.73 Å². The summed E-state index contributed by atoms with van der Waals surface area (Å²) in [5, 5.41) is 9.63. The van der Waals surface area contributed by atoms with Crippen molar-refractivity contribution >= 4 is 11.4 Å². The Bertz CT molecular complexity index is 351. The zero-order chi connectivity index (χ0) is 10.8. The van der Waals surface area contributed by atoms with Gasteiger partial charge in [0, 0.05) is 24.5 Å². The molecule has 0 aromatic heterocycles. The molecular formula is C12H18N2O. The van der Waals surface area contributed by atoms with Gasteiger partial charge in [-0.25, -0.2) is 0 Å². The molecule has 0 radical (unpaired) electrons. The molecule has 1 fully saturated rings. The number of nitrogens with two attached hydrogens (primary N) is 1. The summed E-state index contributed by atoms with van der Waals surface area (Å²) in [6.07, 6.45) is 1.77. The van der Waals surface area contributed by atoms with Crippen LogP contribution in [0.4, 0.5) is 11.4 Å². The summed E-state index contributed by atoms with van der Waals surface area (Å²) in [5.41, 5.74) is 8.98. The zero-order valence-electron chi connectivity index (χ0n) is 9.11. The fourth-order valence-electron chi connectivity index (χ4n) is 2.16. The van der Waals surface area contributed by atoms with Crippen molar-refractivity contribution in [1.82, 2.24) is 0 Å². The molecule has 1 atom stereocenters. The Hall–Kier alpha value is -1.22. The number of hydrogen-bond donors (Lipinski definition) is 2. The SMILES string of the molecule is Cc1c(N)cccc1N1CCCC(O)C1. The highest BCUT2D eigenvalue weighted by atomic mass is 16.3. The van der Waals surface area contributed by atoms with Crippen LogP contribution in [0.3, 0.4) is 0 Å². The number of aliphatic hydroxyl groups is 1. The van der Waals surface area contributed by atoms with Crippen LogP contribution in [-0.4, -0.2) is 24.3 Å². The van der Waals surface area contributed by atoms with Gasteiger partial charge in [-0.3, -0.25) is 0 Å². The second-order valence-electron chi connectivity index (χ2n) is 4.23. The lowest BCUT2D eigenvalue weighted by atomic mass is 10.1. The van der Waals surface area contributed by atoms with Crippen LogP contribution < -0.4 is 10.6 Å². The Morgan fingerprint density at radius 1 is 1.47 bits per heavy atom. The van der Waals surface area contributed by atoms with Crippen molar-refractivity contribution in [3.8, 4) is 0 Å². The number of rotatable bonds is 1. The van der Waals surface area contributed by atoms with Gasteiger partial charge in [0.25, 0.3) is 0 Å². The van der Waals surface area contributed by atoms with Gasteiger partial charge in [-0.1, -0.05) is 6.07 Å². The number of hydrogen-bond acceptors (Lipinski definition) is 3. The maximum atomic E-state index is 9.63. The van der Waals surface area contributed by atoms with Gasteiger partial charge >= 0.3 is 0 Å². The largest absolute Gasteiger partial charge is 0.398 e. The van der Waals surface area contributed by atoms with Gasteiger partial charge in [-0.2, -0.15) is 0 Å². The molecule has 0 aliphatic carbocycles. The fraction of sp³-hybridized carbons (Fsp3) is 0.500. The summed E-state index contributed by atoms with van der Waals surface area (Å²) in [5.74, 6) is 0. The summed E-state index contributed by atoms with van der Waals surface area (Å²) in [4.78, 5) is 2.22. The second-order valence-corrected chi connectivity index (χ2v) is 4.23. The first-order chi connectivity index (χ1) is 7.18. The van der Waals surface area contributed by atoms with Crippen LogP contribution >= 0.6 is 0 Å². The zero-order valence-corrected chi connectivity index (χ0v) is 9.11. The summed E-state index contributed by atoms with van der Waals surface area (Å²) in [6, 6.07) is 5.96. The lowest BCUT2D eigenvalue weighted by Gasteiger charge is -2.33. The molecule has 1 unspecified atom stereocenters. The molecule has 0 bridgehead atoms. The quantitative estimate of drug-likeness (QED) is 0.685. The predicted molar refractivity (Wildman–Crippen MR) is 63.0 cm³/mol. The number of benzene rings is 1. The number of anilines is 2. The molecule has 1 aromatic rings. The third-order valence-electron chi connectivity index (χ3n) is 3.08. The Morgan fingerprint density at radius 2 is 2.27 bits per heavy atom. The van der Waals surface area contributed by atoms with Crippen LogP contribution in [0.2, 0.25) is 0 Å². The van der Waals surface area contributed by atoms with Gasteiger partial charge in [0.1, 0.15) is 0 Å². The van der Waals surface area contributed by atoms with E-state index in [1.54, 1.807) is 0 Å². The van der Waals surface area contributed by atoms with Gasteiger partial charge in [0.15, 0.2) is 0 Å². The van der Waals surface area contributed by atoms with Gasteiger partial charge in [-0.05, 0) is 37.5 Å². The standard InChI is InChI=1S/C12H18N2O/c1-9-11(13)5-2-6-12(9)14-7-3-4-10(15)8-14/h2,5-6,10,15H,3-4,7-8,13H2,1H3. The van der Waals surface area contributed by atoms with Crippen molar-refractivity contribution in [2.75, 3.05) is 23.7 Å². The highest BCUT2D eigenvalue weighted by molar-refractivity contribution is 5.64. The van der Waals surface area contributed by atoms with Gasteiger partial charge < -0.3 is 15.7 Å². The average Bonchev–Trinajstić information content (AvgIpc) is 2.22. The minimum absolute atomic E-state index is 0.195. The molecule has 3 heteroatoms. The predicted octanol–water partition coefficient (Wildman–Crippen LogP) is 1.54. The number of nitrogens with zero attached hydrogens (tertiary/aromatic N) is 1. The van der Waals surface area contributed by atoms with Gasteiger partial charge in [-0.15, -0.1) is 0 Å². The monoisotopic (exact) mass is 206 g/mol. The van der Waals surface area contributed by atoms with Gasteiger partial charge in [0.2, 0.25) is 0 Å². The molecule has 1 aromatic carbocycles. The normalized spacial score (nSPS) is 21.7. The average molecular weight is 206 g/mol. The van der Waals surface area contributed by atoms with Gasteiger partial charge in [0.05, 0.1) is 6.10 Å². The second kappa shape index (κ2) is 4.11. The number of β-amino-alcohol motifs (C(OH)–C–C–N with tert-alkyl or cyclic N) is 1. The van der Waals surface area contributed by atoms with E-state index in [1.165, 1.54) is 0 Å². The van der Waals surface area contributed by atoms with Crippen LogP contribution in [0.25, 0.3) is 0 Å². The Balaban J connectivity index is 2.24. The van der Waals surface area contributed by atoms with E-state index in [0.29, 0.717) is 0 Å². The summed E-state index contributed by atoms with van der Waals surface area (Å²) >= 11 is 0. The van der Waals surface area contributed by atoms with Crippen LogP contribution in [0, 0.1) is 6.92 Å². The number of aliphatic hydroxyl groups excluding tert-OH is 1. The number of piperidine rings is 1. The molecular weight excluding hydrogens is 188 g/mol. The highest BCUT2D eigenvalue weighted by Crippen LogP contribution is 2.27. The molecule has 0 amide bonds. The van der Waals surface area contributed by atoms with Crippen molar-refractivity contribution in [3.05, 3.63) is 23.8 Å². The molecule has 2 rings (SSSR count). The van der Waals surface area contributed by atoms with Crippen LogP contribution in [0.15, 0.2) is 18.2 Å². The van der Waals surface area contributed by atoms with Crippen molar-refractivity contribution < 1.29 is 5.11 Å². The van der Waals surface area contributed by atoms with E-state index in [2.05, 4.69) is 11.0 Å². The summed E-state index contributed by atoms with van der Waals surface area (Å²) < 4.78 is 0. The Morgan fingerprint density at radius 3 is 3.00 bits per heavy atom. The fourth-order valence-corrected chi connectivity index (χ4v) is 2.16. The van der Waals surface area contributed by atoms with Crippen molar-refractivity contribution in [2.24, 2.45) is 0 Å². The molecule has 3 nitrogen and oxygen atoms in total. The molecule has 1 aliphatic rings. The van der Waals surface area contributed by atoms with E-state index in [1.807, 2.05) is 19.1 Å². The minimum atomic E-state index is -0.195. The minimum Gasteiger partial charge on any atom is -0.398 e. The van der Waals surface area contributed by atoms with Crippen LogP contribution in [0.1, 0.15) is 18.4 Å².